The quantitative estimate of drug-likeness (QED) is 0.178. The highest BCUT2D eigenvalue weighted by Crippen LogP contribution is 2.33. The van der Waals surface area contributed by atoms with Gasteiger partial charge in [0.1, 0.15) is 11.6 Å². The Morgan fingerprint density at radius 1 is 0.962 bits per heavy atom. The first-order chi connectivity index (χ1) is 25.3. The van der Waals surface area contributed by atoms with E-state index in [0.29, 0.717) is 36.6 Å². The molecule has 1 saturated carbocycles. The van der Waals surface area contributed by atoms with Crippen LogP contribution in [0.3, 0.4) is 0 Å². The summed E-state index contributed by atoms with van der Waals surface area (Å²) in [7, 11) is 0. The summed E-state index contributed by atoms with van der Waals surface area (Å²) in [5, 5.41) is 17.5. The number of thiophene rings is 1. The number of aliphatic carboxylic acids is 1. The number of nitrogens with zero attached hydrogens (tertiary/aromatic N) is 1. The normalized spacial score (nSPS) is 18.8. The topological polar surface area (TPSA) is 137 Å². The number of fused-ring (bicyclic) bond motifs is 1. The standard InChI is InChI=1S/C36H45BrN4O4S.C2HF3O2/c37-29-9-8-28-21-32(46-31(28)22-29)34(43)40-36(14-4-5-15-36)35(44)39-30(20-25-6-2-1-3-7-25)33(42)38-23-26-10-16-41(17-11-26)24-27-12-18-45-19-13-27;3-2(4,5)1(6)7/h1-3,6-9,21-22,26-27,30H,4-5,10-20,23-24H2,(H,38,42)(H,39,44)(H,40,43);(H,6,7)/t30-;/m1./s1. The van der Waals surface area contributed by atoms with Crippen molar-refractivity contribution >= 4 is 61.0 Å². The first-order valence-electron chi connectivity index (χ1n) is 18.1. The zero-order valence-electron chi connectivity index (χ0n) is 29.4. The molecule has 3 aromatic rings. The molecule has 3 heterocycles. The number of carbonyl (C=O) groups excluding carboxylic acids is 3. The molecule has 288 valence electrons. The number of likely N-dealkylation sites (tertiary alicyclic amines) is 1. The van der Waals surface area contributed by atoms with Crippen molar-refractivity contribution in [2.24, 2.45) is 11.8 Å². The number of hydrogen-bond donors (Lipinski definition) is 4. The lowest BCUT2D eigenvalue weighted by atomic mass is 9.93. The van der Waals surface area contributed by atoms with Gasteiger partial charge in [-0.05, 0) is 92.6 Å². The van der Waals surface area contributed by atoms with Gasteiger partial charge in [-0.1, -0.05) is 65.2 Å². The Hall–Kier alpha value is -3.53. The van der Waals surface area contributed by atoms with E-state index >= 15 is 0 Å². The second-order valence-corrected chi connectivity index (χ2v) is 16.1. The van der Waals surface area contributed by atoms with Crippen LogP contribution in [0.15, 0.2) is 59.1 Å². The fourth-order valence-corrected chi connectivity index (χ4v) is 8.68. The molecule has 1 aromatic heterocycles. The minimum atomic E-state index is -5.08. The van der Waals surface area contributed by atoms with Crippen LogP contribution in [-0.2, 0) is 25.5 Å². The van der Waals surface area contributed by atoms with E-state index in [0.717, 1.165) is 97.4 Å². The van der Waals surface area contributed by atoms with Gasteiger partial charge in [0.25, 0.3) is 5.91 Å². The largest absolute Gasteiger partial charge is 0.490 e. The maximum atomic E-state index is 14.0. The monoisotopic (exact) mass is 822 g/mol. The predicted molar refractivity (Wildman–Crippen MR) is 200 cm³/mol. The van der Waals surface area contributed by atoms with Gasteiger partial charge in [-0.3, -0.25) is 14.4 Å². The SMILES string of the molecule is O=C(NC1(C(=O)N[C@H](Cc2ccccc2)C(=O)NCC2CCN(CC3CCOCC3)CC2)CCCC1)c1cc2ccc(Br)cc2s1.O=C(O)C(F)(F)F. The van der Waals surface area contributed by atoms with Crippen LogP contribution in [0.1, 0.15) is 66.6 Å². The minimum Gasteiger partial charge on any atom is -0.475 e. The first kappa shape index (κ1) is 40.7. The molecular weight excluding hydrogens is 777 g/mol. The van der Waals surface area contributed by atoms with Crippen LogP contribution >= 0.6 is 27.3 Å². The van der Waals surface area contributed by atoms with Crippen molar-refractivity contribution < 1.29 is 42.2 Å². The lowest BCUT2D eigenvalue weighted by Gasteiger charge is -2.35. The minimum absolute atomic E-state index is 0.170. The third-order valence-corrected chi connectivity index (χ3v) is 11.8. The molecule has 2 aromatic carbocycles. The van der Waals surface area contributed by atoms with Crippen LogP contribution in [0.4, 0.5) is 13.2 Å². The van der Waals surface area contributed by atoms with Crippen molar-refractivity contribution in [3.8, 4) is 0 Å². The molecule has 2 aliphatic heterocycles. The summed E-state index contributed by atoms with van der Waals surface area (Å²) in [6.07, 6.45) is 2.51. The average molecular weight is 824 g/mol. The number of carboxylic acid groups (broad SMARTS) is 1. The molecule has 15 heteroatoms. The van der Waals surface area contributed by atoms with Crippen LogP contribution < -0.4 is 16.0 Å². The number of carboxylic acids is 1. The fourth-order valence-electron chi connectivity index (χ4n) is 7.17. The summed E-state index contributed by atoms with van der Waals surface area (Å²) in [6, 6.07) is 16.9. The number of nitrogens with one attached hydrogen (secondary N) is 3. The average Bonchev–Trinajstić information content (AvgIpc) is 3.80. The predicted octanol–water partition coefficient (Wildman–Crippen LogP) is 6.32. The molecular formula is C38H46BrF3N4O6S. The smallest absolute Gasteiger partial charge is 0.475 e. The van der Waals surface area contributed by atoms with E-state index in [9.17, 15) is 27.6 Å². The van der Waals surface area contributed by atoms with Crippen molar-refractivity contribution in [1.82, 2.24) is 20.9 Å². The molecule has 10 nitrogen and oxygen atoms in total. The molecule has 3 amide bonds. The number of halogens is 4. The molecule has 6 rings (SSSR count). The molecule has 53 heavy (non-hydrogen) atoms. The third kappa shape index (κ3) is 11.7. The van der Waals surface area contributed by atoms with Crippen LogP contribution in [0, 0.1) is 11.8 Å². The molecule has 0 unspecified atom stereocenters. The van der Waals surface area contributed by atoms with Gasteiger partial charge >= 0.3 is 12.1 Å². The first-order valence-corrected chi connectivity index (χ1v) is 19.7. The van der Waals surface area contributed by atoms with Crippen molar-refractivity contribution in [1.29, 1.82) is 0 Å². The van der Waals surface area contributed by atoms with Gasteiger partial charge in [0.15, 0.2) is 0 Å². The maximum Gasteiger partial charge on any atom is 0.490 e. The van der Waals surface area contributed by atoms with Gasteiger partial charge in [-0.15, -0.1) is 11.3 Å². The van der Waals surface area contributed by atoms with Crippen LogP contribution in [0.2, 0.25) is 0 Å². The maximum absolute atomic E-state index is 14.0. The van der Waals surface area contributed by atoms with E-state index in [1.165, 1.54) is 11.3 Å². The number of amides is 3. The van der Waals surface area contributed by atoms with E-state index in [4.69, 9.17) is 14.6 Å². The number of alkyl halides is 3. The van der Waals surface area contributed by atoms with Crippen molar-refractivity contribution in [3.05, 3.63) is 69.5 Å². The van der Waals surface area contributed by atoms with Gasteiger partial charge in [-0.2, -0.15) is 13.2 Å². The van der Waals surface area contributed by atoms with Crippen LogP contribution in [0.5, 0.6) is 0 Å². The Morgan fingerprint density at radius 2 is 1.62 bits per heavy atom. The zero-order valence-corrected chi connectivity index (χ0v) is 31.8. The molecule has 3 aliphatic rings. The van der Waals surface area contributed by atoms with E-state index in [1.54, 1.807) is 0 Å². The highest BCUT2D eigenvalue weighted by Gasteiger charge is 2.44. The fraction of sp³-hybridized carbons (Fsp3) is 0.526. The second kappa shape index (κ2) is 18.7. The lowest BCUT2D eigenvalue weighted by molar-refractivity contribution is -0.192. The number of benzene rings is 2. The molecule has 4 N–H and O–H groups in total. The van der Waals surface area contributed by atoms with Gasteiger partial charge in [0.2, 0.25) is 11.8 Å². The number of piperidine rings is 1. The summed E-state index contributed by atoms with van der Waals surface area (Å²) >= 11 is 4.92. The Bertz CT molecular complexity index is 1700. The van der Waals surface area contributed by atoms with Gasteiger partial charge in [0.05, 0.1) is 4.88 Å². The summed E-state index contributed by atoms with van der Waals surface area (Å²) in [5.74, 6) is -2.30. The number of carbonyl (C=O) groups is 4. The molecule has 2 saturated heterocycles. The van der Waals surface area contributed by atoms with Gasteiger partial charge < -0.3 is 30.7 Å². The Kier molecular flexibility index (Phi) is 14.3. The van der Waals surface area contributed by atoms with Crippen molar-refractivity contribution in [3.63, 3.8) is 0 Å². The van der Waals surface area contributed by atoms with Gasteiger partial charge in [0, 0.05) is 41.9 Å². The number of hydrogen-bond acceptors (Lipinski definition) is 7. The van der Waals surface area contributed by atoms with E-state index < -0.39 is 23.7 Å². The summed E-state index contributed by atoms with van der Waals surface area (Å²) in [6.45, 7) is 5.63. The Morgan fingerprint density at radius 3 is 2.26 bits per heavy atom. The van der Waals surface area contributed by atoms with Crippen molar-refractivity contribution in [2.75, 3.05) is 39.4 Å². The van der Waals surface area contributed by atoms with E-state index in [2.05, 4.69) is 36.8 Å². The van der Waals surface area contributed by atoms with E-state index in [-0.39, 0.29) is 17.7 Å². The molecule has 0 spiro atoms. The van der Waals surface area contributed by atoms with Crippen LogP contribution in [0.25, 0.3) is 10.1 Å². The highest BCUT2D eigenvalue weighted by molar-refractivity contribution is 9.10. The molecule has 3 fully saturated rings. The summed E-state index contributed by atoms with van der Waals surface area (Å²) in [4.78, 5) is 53.3. The highest BCUT2D eigenvalue weighted by atomic mass is 79.9. The molecule has 0 radical (unpaired) electrons. The Labute approximate surface area is 319 Å². The Balaban J connectivity index is 0.000000705. The number of ether oxygens (including phenoxy) is 1. The van der Waals surface area contributed by atoms with E-state index in [1.807, 2.05) is 54.6 Å². The van der Waals surface area contributed by atoms with Crippen molar-refractivity contribution in [2.45, 2.75) is 75.5 Å². The van der Waals surface area contributed by atoms with Crippen LogP contribution in [-0.4, -0.2) is 90.8 Å². The number of rotatable bonds is 11. The second-order valence-electron chi connectivity index (χ2n) is 14.1. The molecule has 1 aliphatic carbocycles. The molecule has 1 atom stereocenters. The van der Waals surface area contributed by atoms with Gasteiger partial charge in [-0.25, -0.2) is 4.79 Å². The zero-order chi connectivity index (χ0) is 38.0. The summed E-state index contributed by atoms with van der Waals surface area (Å²) in [5.41, 5.74) is -0.0642. The third-order valence-electron chi connectivity index (χ3n) is 10.2. The molecule has 0 bridgehead atoms. The lowest BCUT2D eigenvalue weighted by Crippen LogP contribution is -2.61. The summed E-state index contributed by atoms with van der Waals surface area (Å²) < 4.78 is 39.2.